The van der Waals surface area contributed by atoms with Crippen molar-refractivity contribution in [1.82, 2.24) is 4.98 Å². The van der Waals surface area contributed by atoms with Crippen LogP contribution in [0.15, 0.2) is 66.9 Å². The molecular formula is C24H25N3O2. The Labute approximate surface area is 172 Å². The van der Waals surface area contributed by atoms with Gasteiger partial charge in [0.25, 0.3) is 0 Å². The summed E-state index contributed by atoms with van der Waals surface area (Å²) in [6.07, 6.45) is 1.85. The Morgan fingerprint density at radius 3 is 2.38 bits per heavy atom. The number of anilines is 2. The summed E-state index contributed by atoms with van der Waals surface area (Å²) < 4.78 is 11.7. The zero-order valence-electron chi connectivity index (χ0n) is 17.0. The van der Waals surface area contributed by atoms with Gasteiger partial charge in [-0.15, -0.1) is 0 Å². The fraction of sp³-hybridized carbons (Fsp3) is 0.250. The van der Waals surface area contributed by atoms with Crippen molar-refractivity contribution in [3.8, 4) is 17.6 Å². The van der Waals surface area contributed by atoms with Crippen LogP contribution in [0.3, 0.4) is 0 Å². The van der Waals surface area contributed by atoms with Crippen LogP contribution in [-0.2, 0) is 6.54 Å². The van der Waals surface area contributed by atoms with E-state index in [1.165, 1.54) is 0 Å². The monoisotopic (exact) mass is 387 g/mol. The fourth-order valence-electron chi connectivity index (χ4n) is 2.99. The summed E-state index contributed by atoms with van der Waals surface area (Å²) in [5.41, 5.74) is 3.49. The lowest BCUT2D eigenvalue weighted by Gasteiger charge is -2.26. The number of nitriles is 1. The fourth-order valence-corrected chi connectivity index (χ4v) is 2.99. The number of nitrogens with zero attached hydrogens (tertiary/aromatic N) is 3. The highest BCUT2D eigenvalue weighted by atomic mass is 16.5. The third-order valence-electron chi connectivity index (χ3n) is 4.26. The zero-order chi connectivity index (χ0) is 20.6. The quantitative estimate of drug-likeness (QED) is 0.512. The minimum atomic E-state index is 0.0585. The zero-order valence-corrected chi connectivity index (χ0v) is 17.0. The van der Waals surface area contributed by atoms with Crippen molar-refractivity contribution in [1.29, 1.82) is 5.26 Å². The third-order valence-corrected chi connectivity index (χ3v) is 4.26. The molecule has 0 atom stereocenters. The number of aromatic nitrogens is 1. The smallest absolute Gasteiger partial charge is 0.163 e. The van der Waals surface area contributed by atoms with Crippen molar-refractivity contribution in [2.75, 3.05) is 11.5 Å². The lowest BCUT2D eigenvalue weighted by Crippen LogP contribution is -2.17. The van der Waals surface area contributed by atoms with Gasteiger partial charge in [0.2, 0.25) is 0 Å². The molecule has 1 heterocycles. The van der Waals surface area contributed by atoms with E-state index in [1.54, 1.807) is 6.20 Å². The van der Waals surface area contributed by atoms with Gasteiger partial charge in [0.15, 0.2) is 11.5 Å². The van der Waals surface area contributed by atoms with Crippen molar-refractivity contribution in [2.45, 2.75) is 33.4 Å². The largest absolute Gasteiger partial charge is 0.490 e. The molecule has 1 aromatic heterocycles. The van der Waals surface area contributed by atoms with E-state index < -0.39 is 0 Å². The molecule has 29 heavy (non-hydrogen) atoms. The molecule has 5 nitrogen and oxygen atoms in total. The van der Waals surface area contributed by atoms with E-state index in [0.717, 1.165) is 22.8 Å². The number of hydrogen-bond acceptors (Lipinski definition) is 5. The summed E-state index contributed by atoms with van der Waals surface area (Å²) in [5.74, 6) is 1.43. The van der Waals surface area contributed by atoms with E-state index in [0.29, 0.717) is 24.5 Å². The minimum absolute atomic E-state index is 0.0585. The van der Waals surface area contributed by atoms with Crippen molar-refractivity contribution in [3.05, 3.63) is 78.1 Å². The van der Waals surface area contributed by atoms with E-state index in [9.17, 15) is 0 Å². The highest BCUT2D eigenvalue weighted by Crippen LogP contribution is 2.36. The van der Waals surface area contributed by atoms with Crippen LogP contribution >= 0.6 is 0 Å². The first-order valence-electron chi connectivity index (χ1n) is 9.71. The molecule has 3 aromatic rings. The van der Waals surface area contributed by atoms with E-state index in [4.69, 9.17) is 14.7 Å². The van der Waals surface area contributed by atoms with Crippen molar-refractivity contribution in [3.63, 3.8) is 0 Å². The van der Waals surface area contributed by atoms with Gasteiger partial charge in [-0.3, -0.25) is 4.98 Å². The molecule has 0 amide bonds. The van der Waals surface area contributed by atoms with E-state index in [2.05, 4.69) is 16.0 Å². The second-order valence-electron chi connectivity index (χ2n) is 6.80. The normalized spacial score (nSPS) is 10.4. The molecule has 0 unspecified atom stereocenters. The highest BCUT2D eigenvalue weighted by molar-refractivity contribution is 5.67. The van der Waals surface area contributed by atoms with E-state index in [-0.39, 0.29) is 6.10 Å². The van der Waals surface area contributed by atoms with Gasteiger partial charge < -0.3 is 14.4 Å². The minimum Gasteiger partial charge on any atom is -0.490 e. The highest BCUT2D eigenvalue weighted by Gasteiger charge is 2.15. The Morgan fingerprint density at radius 1 is 1.00 bits per heavy atom. The van der Waals surface area contributed by atoms with Gasteiger partial charge in [-0.1, -0.05) is 6.07 Å². The van der Waals surface area contributed by atoms with Crippen LogP contribution in [0.1, 0.15) is 32.0 Å². The molecule has 0 saturated heterocycles. The molecule has 0 aliphatic rings. The first-order valence-corrected chi connectivity index (χ1v) is 9.71. The second-order valence-corrected chi connectivity index (χ2v) is 6.80. The number of ether oxygens (including phenoxy) is 2. The van der Waals surface area contributed by atoms with Gasteiger partial charge in [-0.2, -0.15) is 5.26 Å². The van der Waals surface area contributed by atoms with Crippen LogP contribution in [-0.4, -0.2) is 17.7 Å². The second kappa shape index (κ2) is 9.61. The van der Waals surface area contributed by atoms with E-state index >= 15 is 0 Å². The maximum absolute atomic E-state index is 9.11. The molecule has 148 valence electrons. The van der Waals surface area contributed by atoms with Crippen LogP contribution in [0.2, 0.25) is 0 Å². The Morgan fingerprint density at radius 2 is 1.76 bits per heavy atom. The van der Waals surface area contributed by atoms with Crippen molar-refractivity contribution in [2.24, 2.45) is 0 Å². The van der Waals surface area contributed by atoms with Gasteiger partial charge >= 0.3 is 0 Å². The van der Waals surface area contributed by atoms with Gasteiger partial charge in [0.1, 0.15) is 0 Å². The van der Waals surface area contributed by atoms with Crippen LogP contribution in [0.5, 0.6) is 11.5 Å². The SMILES string of the molecule is CCOc1cc(N(Cc2ccccn2)c2ccc(C#N)cc2)ccc1OC(C)C. The lowest BCUT2D eigenvalue weighted by atomic mass is 10.1. The van der Waals surface area contributed by atoms with Gasteiger partial charge in [-0.25, -0.2) is 0 Å². The number of rotatable bonds is 8. The first kappa shape index (κ1) is 20.2. The average Bonchev–Trinajstić information content (AvgIpc) is 2.74. The molecule has 0 radical (unpaired) electrons. The summed E-state index contributed by atoms with van der Waals surface area (Å²) in [4.78, 5) is 6.61. The Bertz CT molecular complexity index is 964. The molecule has 0 spiro atoms. The molecule has 0 bridgehead atoms. The molecule has 0 fully saturated rings. The summed E-state index contributed by atoms with van der Waals surface area (Å²) >= 11 is 0. The van der Waals surface area contributed by atoms with Crippen molar-refractivity contribution < 1.29 is 9.47 Å². The molecule has 0 N–H and O–H groups in total. The molecule has 0 aliphatic heterocycles. The number of benzene rings is 2. The topological polar surface area (TPSA) is 58.4 Å². The van der Waals surface area contributed by atoms with Crippen LogP contribution in [0.4, 0.5) is 11.4 Å². The Kier molecular flexibility index (Phi) is 6.70. The standard InChI is InChI=1S/C24H25N3O2/c1-4-28-24-15-22(12-13-23(24)29-18(2)3)27(17-20-7-5-6-14-26-20)21-10-8-19(16-25)9-11-21/h5-15,18H,4,17H2,1-3H3. The number of pyridine rings is 1. The summed E-state index contributed by atoms with van der Waals surface area (Å²) in [5, 5.41) is 9.11. The molecule has 3 rings (SSSR count). The number of hydrogen-bond donors (Lipinski definition) is 0. The molecule has 0 saturated carbocycles. The van der Waals surface area contributed by atoms with Gasteiger partial charge in [0, 0.05) is 23.6 Å². The van der Waals surface area contributed by atoms with Crippen LogP contribution in [0.25, 0.3) is 0 Å². The predicted octanol–water partition coefficient (Wildman–Crippen LogP) is 5.48. The molecule has 5 heteroatoms. The summed E-state index contributed by atoms with van der Waals surface area (Å²) in [7, 11) is 0. The summed E-state index contributed by atoms with van der Waals surface area (Å²) in [6.45, 7) is 7.08. The van der Waals surface area contributed by atoms with Crippen LogP contribution < -0.4 is 14.4 Å². The maximum Gasteiger partial charge on any atom is 0.163 e. The molecular weight excluding hydrogens is 362 g/mol. The maximum atomic E-state index is 9.11. The average molecular weight is 387 g/mol. The van der Waals surface area contributed by atoms with Gasteiger partial charge in [-0.05, 0) is 69.3 Å². The third kappa shape index (κ3) is 5.26. The Balaban J connectivity index is 2.02. The lowest BCUT2D eigenvalue weighted by molar-refractivity contribution is 0.224. The van der Waals surface area contributed by atoms with Crippen LogP contribution in [0, 0.1) is 11.3 Å². The van der Waals surface area contributed by atoms with Gasteiger partial charge in [0.05, 0.1) is 36.6 Å². The van der Waals surface area contributed by atoms with E-state index in [1.807, 2.05) is 81.4 Å². The first-order chi connectivity index (χ1) is 14.1. The molecule has 0 aliphatic carbocycles. The summed E-state index contributed by atoms with van der Waals surface area (Å²) in [6, 6.07) is 21.5. The van der Waals surface area contributed by atoms with Crippen molar-refractivity contribution >= 4 is 11.4 Å². The Hall–Kier alpha value is -3.52. The predicted molar refractivity (Wildman–Crippen MR) is 115 cm³/mol. The molecule has 2 aromatic carbocycles.